The second-order valence-corrected chi connectivity index (χ2v) is 7.64. The van der Waals surface area contributed by atoms with E-state index in [1.54, 1.807) is 17.8 Å². The maximum Gasteiger partial charge on any atom is 0.308 e. The van der Waals surface area contributed by atoms with Gasteiger partial charge in [0.2, 0.25) is 0 Å². The number of carbonyl (C=O) groups is 2. The summed E-state index contributed by atoms with van der Waals surface area (Å²) in [6.07, 6.45) is 3.06. The highest BCUT2D eigenvalue weighted by Crippen LogP contribution is 2.29. The van der Waals surface area contributed by atoms with Gasteiger partial charge in [0.05, 0.1) is 28.3 Å². The van der Waals surface area contributed by atoms with Gasteiger partial charge >= 0.3 is 5.97 Å². The van der Waals surface area contributed by atoms with Crippen LogP contribution >= 0.6 is 0 Å². The van der Waals surface area contributed by atoms with Crippen LogP contribution in [0.15, 0.2) is 36.4 Å². The van der Waals surface area contributed by atoms with E-state index in [9.17, 15) is 14.7 Å². The molecule has 2 aromatic heterocycles. The molecular weight excluding hydrogens is 368 g/mol. The van der Waals surface area contributed by atoms with Gasteiger partial charge in [0.25, 0.3) is 5.91 Å². The van der Waals surface area contributed by atoms with Crippen LogP contribution in [-0.2, 0) is 11.8 Å². The van der Waals surface area contributed by atoms with Crippen LogP contribution in [0.1, 0.15) is 41.7 Å². The molecule has 0 aliphatic heterocycles. The normalized spacial score (nSPS) is 19.2. The highest BCUT2D eigenvalue weighted by atomic mass is 16.4. The lowest BCUT2D eigenvalue weighted by molar-refractivity contribution is -0.143. The molecule has 0 saturated heterocycles. The molecule has 2 atom stereocenters. The van der Waals surface area contributed by atoms with E-state index in [1.165, 1.54) is 0 Å². The van der Waals surface area contributed by atoms with Crippen molar-refractivity contribution in [1.82, 2.24) is 20.1 Å². The number of aryl methyl sites for hydroxylation is 2. The summed E-state index contributed by atoms with van der Waals surface area (Å²) in [6.45, 7) is 1.85. The van der Waals surface area contributed by atoms with Gasteiger partial charge < -0.3 is 10.4 Å². The summed E-state index contributed by atoms with van der Waals surface area (Å²) < 4.78 is 1.68. The van der Waals surface area contributed by atoms with E-state index < -0.39 is 11.9 Å². The zero-order valence-corrected chi connectivity index (χ0v) is 16.6. The fraction of sp³-hybridized carbons (Fsp3) is 0.364. The molecule has 1 aliphatic carbocycles. The van der Waals surface area contributed by atoms with Crippen molar-refractivity contribution in [3.05, 3.63) is 47.7 Å². The van der Waals surface area contributed by atoms with E-state index in [0.29, 0.717) is 35.1 Å². The van der Waals surface area contributed by atoms with Crippen LogP contribution < -0.4 is 5.32 Å². The molecule has 1 aromatic carbocycles. The van der Waals surface area contributed by atoms with Gasteiger partial charge in [-0.1, -0.05) is 43.2 Å². The molecule has 2 heterocycles. The summed E-state index contributed by atoms with van der Waals surface area (Å²) in [5.41, 5.74) is 3.42. The first-order chi connectivity index (χ1) is 14.0. The van der Waals surface area contributed by atoms with E-state index in [4.69, 9.17) is 4.98 Å². The van der Waals surface area contributed by atoms with Gasteiger partial charge in [0, 0.05) is 18.7 Å². The summed E-state index contributed by atoms with van der Waals surface area (Å²) in [4.78, 5) is 29.6. The van der Waals surface area contributed by atoms with E-state index >= 15 is 0 Å². The number of carbonyl (C=O) groups excluding carboxylic acids is 1. The fourth-order valence-corrected chi connectivity index (χ4v) is 4.23. The van der Waals surface area contributed by atoms with Crippen LogP contribution in [-0.4, -0.2) is 37.8 Å². The predicted octanol–water partition coefficient (Wildman–Crippen LogP) is 3.32. The average Bonchev–Trinajstić information content (AvgIpc) is 3.02. The summed E-state index contributed by atoms with van der Waals surface area (Å²) in [5, 5.41) is 17.7. The molecule has 7 heteroatoms. The number of pyridine rings is 1. The second kappa shape index (κ2) is 7.66. The number of carboxylic acid groups (broad SMARTS) is 1. The first kappa shape index (κ1) is 19.1. The lowest BCUT2D eigenvalue weighted by Gasteiger charge is -2.29. The van der Waals surface area contributed by atoms with Crippen molar-refractivity contribution in [2.45, 2.75) is 38.6 Å². The highest BCUT2D eigenvalue weighted by Gasteiger charge is 2.32. The Morgan fingerprint density at radius 2 is 1.90 bits per heavy atom. The van der Waals surface area contributed by atoms with Gasteiger partial charge in [-0.15, -0.1) is 0 Å². The van der Waals surface area contributed by atoms with E-state index in [0.717, 1.165) is 24.1 Å². The number of benzene rings is 1. The number of nitrogens with zero attached hydrogens (tertiary/aromatic N) is 3. The average molecular weight is 392 g/mol. The number of amides is 1. The lowest BCUT2D eigenvalue weighted by Crippen LogP contribution is -2.45. The van der Waals surface area contributed by atoms with Crippen molar-refractivity contribution in [3.63, 3.8) is 0 Å². The summed E-state index contributed by atoms with van der Waals surface area (Å²) >= 11 is 0. The number of fused-ring (bicyclic) bond motifs is 1. The molecule has 0 unspecified atom stereocenters. The molecule has 4 rings (SSSR count). The van der Waals surface area contributed by atoms with E-state index in [1.807, 2.05) is 37.3 Å². The Balaban J connectivity index is 1.77. The van der Waals surface area contributed by atoms with Crippen LogP contribution in [0.4, 0.5) is 0 Å². The Morgan fingerprint density at radius 3 is 2.62 bits per heavy atom. The van der Waals surface area contributed by atoms with Crippen molar-refractivity contribution in [2.24, 2.45) is 13.0 Å². The SMILES string of the molecule is Cc1nn(C)c2nc(-c3ccccc3)cc(C(=O)N[C@@H]3CCCC[C@@H]3C(=O)O)c12. The molecule has 1 aliphatic rings. The minimum atomic E-state index is -0.850. The summed E-state index contributed by atoms with van der Waals surface area (Å²) in [7, 11) is 1.81. The Hall–Kier alpha value is -3.22. The predicted molar refractivity (Wildman–Crippen MR) is 110 cm³/mol. The maximum atomic E-state index is 13.3. The van der Waals surface area contributed by atoms with Crippen molar-refractivity contribution in [1.29, 1.82) is 0 Å². The number of hydrogen-bond acceptors (Lipinski definition) is 4. The number of hydrogen-bond donors (Lipinski definition) is 2. The molecule has 150 valence electrons. The molecule has 1 amide bonds. The van der Waals surface area contributed by atoms with Gasteiger partial charge in [-0.05, 0) is 25.8 Å². The third-order valence-corrected chi connectivity index (χ3v) is 5.68. The smallest absolute Gasteiger partial charge is 0.308 e. The summed E-state index contributed by atoms with van der Waals surface area (Å²) in [6, 6.07) is 11.1. The van der Waals surface area contributed by atoms with Crippen molar-refractivity contribution >= 4 is 22.9 Å². The second-order valence-electron chi connectivity index (χ2n) is 7.64. The topological polar surface area (TPSA) is 97.1 Å². The number of carboxylic acids is 1. The van der Waals surface area contributed by atoms with Gasteiger partial charge in [0.1, 0.15) is 0 Å². The Kier molecular flexibility index (Phi) is 5.05. The van der Waals surface area contributed by atoms with E-state index in [2.05, 4.69) is 10.4 Å². The maximum absolute atomic E-state index is 13.3. The first-order valence-electron chi connectivity index (χ1n) is 9.89. The van der Waals surface area contributed by atoms with Crippen LogP contribution in [0.5, 0.6) is 0 Å². The summed E-state index contributed by atoms with van der Waals surface area (Å²) in [5.74, 6) is -1.67. The molecule has 1 fully saturated rings. The quantitative estimate of drug-likeness (QED) is 0.710. The zero-order valence-electron chi connectivity index (χ0n) is 16.6. The third kappa shape index (κ3) is 3.60. The first-order valence-corrected chi connectivity index (χ1v) is 9.89. The monoisotopic (exact) mass is 392 g/mol. The largest absolute Gasteiger partial charge is 0.481 e. The molecule has 7 nitrogen and oxygen atoms in total. The molecular formula is C22H24N4O3. The molecule has 3 aromatic rings. The third-order valence-electron chi connectivity index (χ3n) is 5.68. The molecule has 0 bridgehead atoms. The van der Waals surface area contributed by atoms with E-state index in [-0.39, 0.29) is 11.9 Å². The number of aliphatic carboxylic acids is 1. The number of nitrogens with one attached hydrogen (secondary N) is 1. The number of rotatable bonds is 4. The minimum Gasteiger partial charge on any atom is -0.481 e. The van der Waals surface area contributed by atoms with Crippen molar-refractivity contribution < 1.29 is 14.7 Å². The lowest BCUT2D eigenvalue weighted by atomic mass is 9.84. The van der Waals surface area contributed by atoms with Crippen LogP contribution in [0.3, 0.4) is 0 Å². The molecule has 29 heavy (non-hydrogen) atoms. The standard InChI is InChI=1S/C22H24N4O3/c1-13-19-16(21(27)24-17-11-7-6-10-15(17)22(28)29)12-18(14-8-4-3-5-9-14)23-20(19)26(2)25-13/h3-5,8-9,12,15,17H,6-7,10-11H2,1-2H3,(H,24,27)(H,28,29)/t15-,17+/m0/s1. The van der Waals surface area contributed by atoms with Gasteiger partial charge in [0.15, 0.2) is 5.65 Å². The Morgan fingerprint density at radius 1 is 1.17 bits per heavy atom. The van der Waals surface area contributed by atoms with Gasteiger partial charge in [-0.3, -0.25) is 14.3 Å². The van der Waals surface area contributed by atoms with Crippen LogP contribution in [0.25, 0.3) is 22.3 Å². The Labute approximate surface area is 168 Å². The molecule has 0 spiro atoms. The Bertz CT molecular complexity index is 1070. The molecule has 2 N–H and O–H groups in total. The van der Waals surface area contributed by atoms with Gasteiger partial charge in [-0.25, -0.2) is 4.98 Å². The molecule has 1 saturated carbocycles. The molecule has 0 radical (unpaired) electrons. The van der Waals surface area contributed by atoms with Crippen molar-refractivity contribution in [2.75, 3.05) is 0 Å². The number of aromatic nitrogens is 3. The van der Waals surface area contributed by atoms with Crippen molar-refractivity contribution in [3.8, 4) is 11.3 Å². The minimum absolute atomic E-state index is 0.274. The highest BCUT2D eigenvalue weighted by molar-refractivity contribution is 6.07. The fourth-order valence-electron chi connectivity index (χ4n) is 4.23. The van der Waals surface area contributed by atoms with Crippen LogP contribution in [0, 0.1) is 12.8 Å². The van der Waals surface area contributed by atoms with Crippen LogP contribution in [0.2, 0.25) is 0 Å². The zero-order chi connectivity index (χ0) is 20.5. The van der Waals surface area contributed by atoms with Gasteiger partial charge in [-0.2, -0.15) is 5.10 Å².